The SMILES string of the molecule is CCN(Cc1ccc(OC)c(F)c1)C(=O)Cc1ccc(N2CCCC2=O)cc1. The summed E-state index contributed by atoms with van der Waals surface area (Å²) in [5.74, 6) is -0.123. The zero-order valence-electron chi connectivity index (χ0n) is 16.3. The summed E-state index contributed by atoms with van der Waals surface area (Å²) < 4.78 is 18.8. The molecule has 5 nitrogen and oxygen atoms in total. The van der Waals surface area contributed by atoms with Gasteiger partial charge in [0.25, 0.3) is 0 Å². The van der Waals surface area contributed by atoms with Crippen molar-refractivity contribution in [1.29, 1.82) is 0 Å². The molecule has 1 heterocycles. The Hall–Kier alpha value is -2.89. The highest BCUT2D eigenvalue weighted by atomic mass is 19.1. The number of anilines is 1. The molecule has 1 fully saturated rings. The molecule has 0 spiro atoms. The molecule has 2 aromatic rings. The number of nitrogens with zero attached hydrogens (tertiary/aromatic N) is 2. The number of ether oxygens (including phenoxy) is 1. The van der Waals surface area contributed by atoms with Crippen LogP contribution in [0.2, 0.25) is 0 Å². The van der Waals surface area contributed by atoms with E-state index in [9.17, 15) is 14.0 Å². The van der Waals surface area contributed by atoms with Crippen molar-refractivity contribution in [2.75, 3.05) is 25.1 Å². The fraction of sp³-hybridized carbons (Fsp3) is 0.364. The van der Waals surface area contributed by atoms with E-state index in [1.54, 1.807) is 21.9 Å². The van der Waals surface area contributed by atoms with Crippen molar-refractivity contribution in [3.8, 4) is 5.75 Å². The lowest BCUT2D eigenvalue weighted by Gasteiger charge is -2.22. The molecule has 6 heteroatoms. The third kappa shape index (κ3) is 4.50. The second kappa shape index (κ2) is 8.87. The number of carbonyl (C=O) groups excluding carboxylic acids is 2. The Bertz CT molecular complexity index is 851. The van der Waals surface area contributed by atoms with Gasteiger partial charge in [0.2, 0.25) is 11.8 Å². The van der Waals surface area contributed by atoms with Crippen molar-refractivity contribution < 1.29 is 18.7 Å². The fourth-order valence-corrected chi connectivity index (χ4v) is 3.41. The molecule has 0 aliphatic carbocycles. The first kappa shape index (κ1) is 19.9. The average Bonchev–Trinajstić information content (AvgIpc) is 3.12. The summed E-state index contributed by atoms with van der Waals surface area (Å²) in [6, 6.07) is 12.3. The fourth-order valence-electron chi connectivity index (χ4n) is 3.41. The minimum Gasteiger partial charge on any atom is -0.494 e. The molecule has 1 aliphatic heterocycles. The summed E-state index contributed by atoms with van der Waals surface area (Å²) in [7, 11) is 1.42. The zero-order valence-corrected chi connectivity index (χ0v) is 16.3. The minimum absolute atomic E-state index is 0.0243. The molecule has 0 radical (unpaired) electrons. The van der Waals surface area contributed by atoms with Gasteiger partial charge in [0.15, 0.2) is 11.6 Å². The van der Waals surface area contributed by atoms with Crippen LogP contribution in [0.1, 0.15) is 30.9 Å². The number of amides is 2. The van der Waals surface area contributed by atoms with Crippen LogP contribution in [-0.4, -0.2) is 36.9 Å². The van der Waals surface area contributed by atoms with Crippen molar-refractivity contribution in [2.24, 2.45) is 0 Å². The highest BCUT2D eigenvalue weighted by molar-refractivity contribution is 5.95. The number of benzene rings is 2. The van der Waals surface area contributed by atoms with E-state index >= 15 is 0 Å². The van der Waals surface area contributed by atoms with Crippen LogP contribution in [0.4, 0.5) is 10.1 Å². The standard InChI is InChI=1S/C22H25FN2O3/c1-3-24(15-17-8-11-20(28-2)19(23)13-17)22(27)14-16-6-9-18(10-7-16)25-12-4-5-21(25)26/h6-11,13H,3-5,12,14-15H2,1-2H3. The maximum Gasteiger partial charge on any atom is 0.227 e. The summed E-state index contributed by atoms with van der Waals surface area (Å²) in [6.45, 7) is 3.53. The van der Waals surface area contributed by atoms with Gasteiger partial charge in [0.05, 0.1) is 13.5 Å². The quantitative estimate of drug-likeness (QED) is 0.734. The molecule has 3 rings (SSSR count). The number of rotatable bonds is 7. The predicted molar refractivity (Wildman–Crippen MR) is 106 cm³/mol. The Morgan fingerprint density at radius 1 is 1.18 bits per heavy atom. The second-order valence-corrected chi connectivity index (χ2v) is 6.87. The van der Waals surface area contributed by atoms with Gasteiger partial charge in [0.1, 0.15) is 0 Å². The second-order valence-electron chi connectivity index (χ2n) is 6.87. The molecule has 1 aliphatic rings. The van der Waals surface area contributed by atoms with Gasteiger partial charge in [-0.25, -0.2) is 4.39 Å². The van der Waals surface area contributed by atoms with E-state index in [4.69, 9.17) is 4.74 Å². The molecule has 0 N–H and O–H groups in total. The monoisotopic (exact) mass is 384 g/mol. The van der Waals surface area contributed by atoms with Crippen LogP contribution in [0, 0.1) is 5.82 Å². The van der Waals surface area contributed by atoms with Gasteiger partial charge in [-0.2, -0.15) is 0 Å². The number of likely N-dealkylation sites (N-methyl/N-ethyl adjacent to an activating group) is 1. The first-order valence-corrected chi connectivity index (χ1v) is 9.51. The Morgan fingerprint density at radius 2 is 1.89 bits per heavy atom. The van der Waals surface area contributed by atoms with E-state index in [1.807, 2.05) is 31.2 Å². The van der Waals surface area contributed by atoms with Crippen molar-refractivity contribution in [1.82, 2.24) is 4.90 Å². The lowest BCUT2D eigenvalue weighted by atomic mass is 10.1. The summed E-state index contributed by atoms with van der Waals surface area (Å²) in [5.41, 5.74) is 2.48. The smallest absolute Gasteiger partial charge is 0.227 e. The largest absolute Gasteiger partial charge is 0.494 e. The summed E-state index contributed by atoms with van der Waals surface area (Å²) in [4.78, 5) is 28.0. The highest BCUT2D eigenvalue weighted by Gasteiger charge is 2.21. The molecule has 0 atom stereocenters. The van der Waals surface area contributed by atoms with Gasteiger partial charge in [0, 0.05) is 31.7 Å². The van der Waals surface area contributed by atoms with E-state index in [2.05, 4.69) is 0 Å². The van der Waals surface area contributed by atoms with Crippen LogP contribution in [0.15, 0.2) is 42.5 Å². The van der Waals surface area contributed by atoms with Gasteiger partial charge < -0.3 is 14.5 Å². The highest BCUT2D eigenvalue weighted by Crippen LogP contribution is 2.22. The Morgan fingerprint density at radius 3 is 2.46 bits per heavy atom. The van der Waals surface area contributed by atoms with Crippen LogP contribution in [0.5, 0.6) is 5.75 Å². The summed E-state index contributed by atoms with van der Waals surface area (Å²) in [6.07, 6.45) is 1.74. The van der Waals surface area contributed by atoms with Crippen LogP contribution in [-0.2, 0) is 22.6 Å². The van der Waals surface area contributed by atoms with Crippen molar-refractivity contribution in [3.05, 3.63) is 59.4 Å². The van der Waals surface area contributed by atoms with E-state index in [0.29, 0.717) is 19.5 Å². The molecule has 28 heavy (non-hydrogen) atoms. The maximum absolute atomic E-state index is 13.9. The number of hydrogen-bond donors (Lipinski definition) is 0. The predicted octanol–water partition coefficient (Wildman–Crippen LogP) is 3.55. The summed E-state index contributed by atoms with van der Waals surface area (Å²) >= 11 is 0. The van der Waals surface area contributed by atoms with Crippen LogP contribution in [0.25, 0.3) is 0 Å². The Balaban J connectivity index is 1.63. The van der Waals surface area contributed by atoms with Crippen molar-refractivity contribution >= 4 is 17.5 Å². The third-order valence-electron chi connectivity index (χ3n) is 5.00. The maximum atomic E-state index is 13.9. The number of hydrogen-bond acceptors (Lipinski definition) is 3. The molecule has 2 amide bonds. The molecule has 1 saturated heterocycles. The first-order chi connectivity index (χ1) is 13.5. The normalized spacial score (nSPS) is 13.7. The van der Waals surface area contributed by atoms with Crippen molar-refractivity contribution in [3.63, 3.8) is 0 Å². The molecular formula is C22H25FN2O3. The Kier molecular flexibility index (Phi) is 6.29. The molecular weight excluding hydrogens is 359 g/mol. The lowest BCUT2D eigenvalue weighted by molar-refractivity contribution is -0.130. The van der Waals surface area contributed by atoms with Gasteiger partial charge in [-0.05, 0) is 48.7 Å². The first-order valence-electron chi connectivity index (χ1n) is 9.51. The molecule has 2 aromatic carbocycles. The molecule has 0 bridgehead atoms. The van der Waals surface area contributed by atoms with Gasteiger partial charge in [-0.1, -0.05) is 18.2 Å². The topological polar surface area (TPSA) is 49.9 Å². The molecule has 0 unspecified atom stereocenters. The molecule has 0 saturated carbocycles. The molecule has 148 valence electrons. The molecule has 0 aromatic heterocycles. The van der Waals surface area contributed by atoms with Crippen molar-refractivity contribution in [2.45, 2.75) is 32.7 Å². The zero-order chi connectivity index (χ0) is 20.1. The number of carbonyl (C=O) groups is 2. The van der Waals surface area contributed by atoms with Gasteiger partial charge in [-0.15, -0.1) is 0 Å². The van der Waals surface area contributed by atoms with E-state index in [0.717, 1.165) is 29.8 Å². The van der Waals surface area contributed by atoms with E-state index in [1.165, 1.54) is 13.2 Å². The average molecular weight is 384 g/mol. The van der Waals surface area contributed by atoms with Crippen LogP contribution < -0.4 is 9.64 Å². The minimum atomic E-state index is -0.435. The number of methoxy groups -OCH3 is 1. The van der Waals surface area contributed by atoms with Crippen LogP contribution >= 0.6 is 0 Å². The number of halogens is 1. The van der Waals surface area contributed by atoms with E-state index < -0.39 is 5.82 Å². The van der Waals surface area contributed by atoms with E-state index in [-0.39, 0.29) is 24.0 Å². The van der Waals surface area contributed by atoms with Gasteiger partial charge in [-0.3, -0.25) is 9.59 Å². The third-order valence-corrected chi connectivity index (χ3v) is 5.00. The van der Waals surface area contributed by atoms with Crippen LogP contribution in [0.3, 0.4) is 0 Å². The Labute approximate surface area is 164 Å². The summed E-state index contributed by atoms with van der Waals surface area (Å²) in [5, 5.41) is 0. The lowest BCUT2D eigenvalue weighted by Crippen LogP contribution is -2.31. The van der Waals surface area contributed by atoms with Gasteiger partial charge >= 0.3 is 0 Å².